The van der Waals surface area contributed by atoms with Crippen LogP contribution >= 0.6 is 11.6 Å². The Kier molecular flexibility index (Phi) is 4.02. The van der Waals surface area contributed by atoms with Crippen molar-refractivity contribution in [1.29, 1.82) is 0 Å². The van der Waals surface area contributed by atoms with Crippen molar-refractivity contribution in [2.24, 2.45) is 0 Å². The average molecular weight is 348 g/mol. The normalized spacial score (nSPS) is 11.4. The highest BCUT2D eigenvalue weighted by atomic mass is 35.5. The van der Waals surface area contributed by atoms with Crippen LogP contribution < -0.4 is 0 Å². The van der Waals surface area contributed by atoms with Gasteiger partial charge in [0.15, 0.2) is 0 Å². The number of nitrogens with zero attached hydrogens (tertiary/aromatic N) is 3. The molecule has 4 rings (SSSR count). The number of pyridine rings is 2. The van der Waals surface area contributed by atoms with Gasteiger partial charge in [-0.3, -0.25) is 9.97 Å². The topological polar surface area (TPSA) is 30.7 Å². The molecule has 0 atom stereocenters. The highest BCUT2D eigenvalue weighted by Crippen LogP contribution is 2.39. The minimum absolute atomic E-state index is 0.369. The molecule has 0 bridgehead atoms. The lowest BCUT2D eigenvalue weighted by Crippen LogP contribution is -1.99. The predicted octanol–water partition coefficient (Wildman–Crippen LogP) is 5.86. The number of rotatable bonds is 3. The van der Waals surface area contributed by atoms with Crippen LogP contribution in [0.2, 0.25) is 5.02 Å². The summed E-state index contributed by atoms with van der Waals surface area (Å²) in [5.41, 5.74) is 5.71. The van der Waals surface area contributed by atoms with E-state index in [1.54, 1.807) is 6.20 Å². The maximum atomic E-state index is 6.10. The van der Waals surface area contributed by atoms with Crippen LogP contribution in [0.15, 0.2) is 67.3 Å². The monoisotopic (exact) mass is 347 g/mol. The summed E-state index contributed by atoms with van der Waals surface area (Å²) >= 11 is 6.10. The molecule has 0 radical (unpaired) electrons. The number of aromatic nitrogens is 3. The lowest BCUT2D eigenvalue weighted by Gasteiger charge is -2.14. The van der Waals surface area contributed by atoms with Crippen molar-refractivity contribution in [3.8, 4) is 16.9 Å². The molecule has 0 N–H and O–H groups in total. The van der Waals surface area contributed by atoms with Crippen LogP contribution in [-0.2, 0) is 0 Å². The molecule has 0 fully saturated rings. The molecular weight excluding hydrogens is 330 g/mol. The van der Waals surface area contributed by atoms with Gasteiger partial charge in [-0.2, -0.15) is 0 Å². The van der Waals surface area contributed by atoms with Gasteiger partial charge in [0.25, 0.3) is 0 Å². The van der Waals surface area contributed by atoms with E-state index in [1.807, 2.05) is 48.9 Å². The molecule has 0 spiro atoms. The number of hydrogen-bond donors (Lipinski definition) is 0. The van der Waals surface area contributed by atoms with Gasteiger partial charge >= 0.3 is 0 Å². The fourth-order valence-corrected chi connectivity index (χ4v) is 3.52. The summed E-state index contributed by atoms with van der Waals surface area (Å²) < 4.78 is 2.25. The Morgan fingerprint density at radius 1 is 0.920 bits per heavy atom. The van der Waals surface area contributed by atoms with Gasteiger partial charge in [0, 0.05) is 40.3 Å². The molecule has 0 saturated carbocycles. The maximum absolute atomic E-state index is 6.10. The van der Waals surface area contributed by atoms with Gasteiger partial charge in [0.05, 0.1) is 17.4 Å². The molecule has 4 aromatic rings. The average Bonchev–Trinajstić information content (AvgIpc) is 2.98. The van der Waals surface area contributed by atoms with E-state index in [0.717, 1.165) is 27.5 Å². The van der Waals surface area contributed by atoms with E-state index in [0.29, 0.717) is 5.92 Å². The predicted molar refractivity (Wildman–Crippen MR) is 103 cm³/mol. The zero-order chi connectivity index (χ0) is 17.4. The second kappa shape index (κ2) is 6.34. The third-order valence-corrected chi connectivity index (χ3v) is 4.66. The third kappa shape index (κ3) is 2.71. The van der Waals surface area contributed by atoms with Crippen LogP contribution in [0.1, 0.15) is 25.3 Å². The molecule has 0 aliphatic carbocycles. The van der Waals surface area contributed by atoms with Gasteiger partial charge in [0.2, 0.25) is 0 Å². The SMILES string of the molecule is CC(C)c1c(-c2cccnc2)n(-c2ccc(Cl)cc2)c2cnccc12. The van der Waals surface area contributed by atoms with Gasteiger partial charge in [-0.15, -0.1) is 0 Å². The first-order chi connectivity index (χ1) is 12.2. The highest BCUT2D eigenvalue weighted by Gasteiger charge is 2.21. The Balaban J connectivity index is 2.15. The smallest absolute Gasteiger partial charge is 0.0721 e. The van der Waals surface area contributed by atoms with E-state index in [-0.39, 0.29) is 0 Å². The fourth-order valence-electron chi connectivity index (χ4n) is 3.39. The van der Waals surface area contributed by atoms with E-state index in [1.165, 1.54) is 10.9 Å². The Bertz CT molecular complexity index is 1020. The molecule has 0 unspecified atom stereocenters. The van der Waals surface area contributed by atoms with Crippen LogP contribution in [0.25, 0.3) is 27.8 Å². The molecule has 4 heteroatoms. The summed E-state index contributed by atoms with van der Waals surface area (Å²) in [4.78, 5) is 8.69. The first-order valence-corrected chi connectivity index (χ1v) is 8.69. The Morgan fingerprint density at radius 3 is 2.36 bits per heavy atom. The number of fused-ring (bicyclic) bond motifs is 1. The third-order valence-electron chi connectivity index (χ3n) is 4.41. The molecule has 0 aliphatic rings. The quantitative estimate of drug-likeness (QED) is 0.464. The number of halogens is 1. The first-order valence-electron chi connectivity index (χ1n) is 8.31. The van der Waals surface area contributed by atoms with E-state index in [2.05, 4.69) is 40.5 Å². The fraction of sp³-hybridized carbons (Fsp3) is 0.143. The molecule has 0 aliphatic heterocycles. The largest absolute Gasteiger partial charge is 0.307 e. The second-order valence-corrected chi connectivity index (χ2v) is 6.80. The van der Waals surface area contributed by atoms with Crippen molar-refractivity contribution in [2.75, 3.05) is 0 Å². The Hall–Kier alpha value is -2.65. The zero-order valence-electron chi connectivity index (χ0n) is 14.1. The van der Waals surface area contributed by atoms with Crippen molar-refractivity contribution in [3.63, 3.8) is 0 Å². The first kappa shape index (κ1) is 15.9. The van der Waals surface area contributed by atoms with Crippen molar-refractivity contribution in [1.82, 2.24) is 14.5 Å². The van der Waals surface area contributed by atoms with Crippen LogP contribution in [0.3, 0.4) is 0 Å². The van der Waals surface area contributed by atoms with Crippen LogP contribution in [0.4, 0.5) is 0 Å². The van der Waals surface area contributed by atoms with Crippen molar-refractivity contribution in [3.05, 3.63) is 77.8 Å². The van der Waals surface area contributed by atoms with Gasteiger partial charge < -0.3 is 4.57 Å². The van der Waals surface area contributed by atoms with Crippen LogP contribution in [0.5, 0.6) is 0 Å². The van der Waals surface area contributed by atoms with E-state index in [9.17, 15) is 0 Å². The summed E-state index contributed by atoms with van der Waals surface area (Å²) in [5.74, 6) is 0.369. The van der Waals surface area contributed by atoms with Crippen molar-refractivity contribution >= 4 is 22.5 Å². The summed E-state index contributed by atoms with van der Waals surface area (Å²) in [6.07, 6.45) is 7.50. The highest BCUT2D eigenvalue weighted by molar-refractivity contribution is 6.30. The van der Waals surface area contributed by atoms with E-state index in [4.69, 9.17) is 11.6 Å². The van der Waals surface area contributed by atoms with E-state index < -0.39 is 0 Å². The molecule has 0 saturated heterocycles. The van der Waals surface area contributed by atoms with Crippen molar-refractivity contribution < 1.29 is 0 Å². The molecule has 3 aromatic heterocycles. The number of benzene rings is 1. The molecule has 3 heterocycles. The molecule has 0 amide bonds. The second-order valence-electron chi connectivity index (χ2n) is 6.36. The lowest BCUT2D eigenvalue weighted by atomic mass is 9.97. The summed E-state index contributed by atoms with van der Waals surface area (Å²) in [7, 11) is 0. The lowest BCUT2D eigenvalue weighted by molar-refractivity contribution is 0.873. The minimum Gasteiger partial charge on any atom is -0.307 e. The Labute approximate surface area is 151 Å². The minimum atomic E-state index is 0.369. The molecule has 3 nitrogen and oxygen atoms in total. The standard InChI is InChI=1S/C21H18ClN3/c1-14(2)20-18-9-11-24-13-19(18)25(17-7-5-16(22)6-8-17)21(20)15-4-3-10-23-12-15/h3-14H,1-2H3. The van der Waals surface area contributed by atoms with Gasteiger partial charge in [-0.1, -0.05) is 25.4 Å². The van der Waals surface area contributed by atoms with Gasteiger partial charge in [-0.25, -0.2) is 0 Å². The summed E-state index contributed by atoms with van der Waals surface area (Å²) in [6.45, 7) is 4.45. The van der Waals surface area contributed by atoms with Crippen LogP contribution in [0, 0.1) is 0 Å². The summed E-state index contributed by atoms with van der Waals surface area (Å²) in [5, 5.41) is 1.95. The number of hydrogen-bond acceptors (Lipinski definition) is 2. The molecular formula is C21H18ClN3. The van der Waals surface area contributed by atoms with Crippen LogP contribution in [-0.4, -0.2) is 14.5 Å². The van der Waals surface area contributed by atoms with Gasteiger partial charge in [0.1, 0.15) is 0 Å². The molecule has 1 aromatic carbocycles. The van der Waals surface area contributed by atoms with Crippen molar-refractivity contribution in [2.45, 2.75) is 19.8 Å². The Morgan fingerprint density at radius 2 is 1.68 bits per heavy atom. The molecule has 25 heavy (non-hydrogen) atoms. The zero-order valence-corrected chi connectivity index (χ0v) is 14.9. The van der Waals surface area contributed by atoms with Gasteiger partial charge in [-0.05, 0) is 53.9 Å². The molecule has 124 valence electrons. The summed E-state index contributed by atoms with van der Waals surface area (Å²) in [6, 6.07) is 14.1. The maximum Gasteiger partial charge on any atom is 0.0721 e. The van der Waals surface area contributed by atoms with E-state index >= 15 is 0 Å².